The molecule has 1 saturated heterocycles. The molecule has 2 unspecified atom stereocenters. The van der Waals surface area contributed by atoms with Crippen molar-refractivity contribution in [2.75, 3.05) is 19.7 Å². The number of nitrogens with zero attached hydrogens (tertiary/aromatic N) is 1. The monoisotopic (exact) mass is 433 g/mol. The Morgan fingerprint density at radius 1 is 1.12 bits per heavy atom. The highest BCUT2D eigenvalue weighted by molar-refractivity contribution is 5.93. The van der Waals surface area contributed by atoms with Crippen LogP contribution in [0.15, 0.2) is 63.8 Å². The van der Waals surface area contributed by atoms with Crippen molar-refractivity contribution < 1.29 is 19.1 Å². The second-order valence-electron chi connectivity index (χ2n) is 8.93. The van der Waals surface area contributed by atoms with Crippen LogP contribution in [0.2, 0.25) is 0 Å². The van der Waals surface area contributed by atoms with Crippen molar-refractivity contribution in [1.82, 2.24) is 4.90 Å². The molecule has 5 rings (SSSR count). The summed E-state index contributed by atoms with van der Waals surface area (Å²) in [5, 5.41) is 11.6. The standard InChI is InChI=1S/C26H27NO5/c28-24(27-13-12-26(30)11-5-4-8-19(26)16-27)17-31-20-9-10-21-22(18-6-2-1-3-7-18)15-25(29)32-23(21)14-20/h1-3,6-7,9-10,14-15,19,30H,4-5,8,11-13,16-17H2. The van der Waals surface area contributed by atoms with Crippen LogP contribution in [-0.2, 0) is 4.79 Å². The fraction of sp³-hybridized carbons (Fsp3) is 0.385. The fourth-order valence-electron chi connectivity index (χ4n) is 5.12. The van der Waals surface area contributed by atoms with Gasteiger partial charge in [-0.15, -0.1) is 0 Å². The van der Waals surface area contributed by atoms with Gasteiger partial charge in [-0.2, -0.15) is 0 Å². The highest BCUT2D eigenvalue weighted by atomic mass is 16.5. The molecule has 1 aliphatic carbocycles. The first-order valence-electron chi connectivity index (χ1n) is 11.3. The van der Waals surface area contributed by atoms with Crippen LogP contribution in [0, 0.1) is 5.92 Å². The molecule has 1 N–H and O–H groups in total. The average molecular weight is 434 g/mol. The van der Waals surface area contributed by atoms with Gasteiger partial charge in [0.1, 0.15) is 11.3 Å². The quantitative estimate of drug-likeness (QED) is 0.630. The molecule has 3 aromatic rings. The number of hydrogen-bond donors (Lipinski definition) is 1. The molecule has 1 aromatic heterocycles. The number of ether oxygens (including phenoxy) is 1. The topological polar surface area (TPSA) is 80.0 Å². The molecule has 32 heavy (non-hydrogen) atoms. The Morgan fingerprint density at radius 2 is 1.97 bits per heavy atom. The largest absolute Gasteiger partial charge is 0.484 e. The van der Waals surface area contributed by atoms with Gasteiger partial charge >= 0.3 is 5.63 Å². The van der Waals surface area contributed by atoms with Crippen LogP contribution in [0.25, 0.3) is 22.1 Å². The zero-order valence-corrected chi connectivity index (χ0v) is 18.0. The molecule has 0 bridgehead atoms. The lowest BCUT2D eigenvalue weighted by atomic mass is 9.71. The third-order valence-corrected chi connectivity index (χ3v) is 6.94. The maximum Gasteiger partial charge on any atom is 0.336 e. The number of carbonyl (C=O) groups excluding carboxylic acids is 1. The van der Waals surface area contributed by atoms with Crippen LogP contribution in [0.4, 0.5) is 0 Å². The van der Waals surface area contributed by atoms with E-state index in [-0.39, 0.29) is 18.4 Å². The minimum atomic E-state index is -0.609. The Kier molecular flexibility index (Phi) is 5.47. The summed E-state index contributed by atoms with van der Waals surface area (Å²) in [5.74, 6) is 0.544. The van der Waals surface area contributed by atoms with E-state index in [1.165, 1.54) is 6.07 Å². The molecule has 6 heteroatoms. The van der Waals surface area contributed by atoms with Gasteiger partial charge in [0.15, 0.2) is 6.61 Å². The minimum Gasteiger partial charge on any atom is -0.484 e. The Bertz CT molecular complexity index is 1190. The molecule has 2 fully saturated rings. The molecule has 166 valence electrons. The van der Waals surface area contributed by atoms with Crippen molar-refractivity contribution in [2.45, 2.75) is 37.7 Å². The summed E-state index contributed by atoms with van der Waals surface area (Å²) >= 11 is 0. The summed E-state index contributed by atoms with van der Waals surface area (Å²) in [6.07, 6.45) is 4.61. The van der Waals surface area contributed by atoms with Gasteiger partial charge in [0.25, 0.3) is 5.91 Å². The summed E-state index contributed by atoms with van der Waals surface area (Å²) in [4.78, 5) is 26.7. The van der Waals surface area contributed by atoms with Crippen molar-refractivity contribution in [3.63, 3.8) is 0 Å². The summed E-state index contributed by atoms with van der Waals surface area (Å²) in [7, 11) is 0. The molecular formula is C26H27NO5. The highest BCUT2D eigenvalue weighted by Gasteiger charge is 2.43. The van der Waals surface area contributed by atoms with E-state index in [0.717, 1.165) is 42.2 Å². The fourth-order valence-corrected chi connectivity index (χ4v) is 5.12. The molecule has 1 amide bonds. The van der Waals surface area contributed by atoms with Gasteiger partial charge in [0.05, 0.1) is 5.60 Å². The zero-order chi connectivity index (χ0) is 22.1. The first-order chi connectivity index (χ1) is 15.5. The first-order valence-corrected chi connectivity index (χ1v) is 11.3. The number of aliphatic hydroxyl groups is 1. The lowest BCUT2D eigenvalue weighted by Crippen LogP contribution is -2.55. The average Bonchev–Trinajstić information content (AvgIpc) is 2.81. The van der Waals surface area contributed by atoms with Gasteiger partial charge in [0.2, 0.25) is 0 Å². The normalized spacial score (nSPS) is 23.0. The Labute approximate surface area is 186 Å². The highest BCUT2D eigenvalue weighted by Crippen LogP contribution is 2.39. The van der Waals surface area contributed by atoms with Crippen molar-refractivity contribution in [1.29, 1.82) is 0 Å². The summed E-state index contributed by atoms with van der Waals surface area (Å²) in [5.41, 5.74) is 1.11. The number of carbonyl (C=O) groups is 1. The van der Waals surface area contributed by atoms with Crippen LogP contribution in [-0.4, -0.2) is 41.2 Å². The van der Waals surface area contributed by atoms with E-state index < -0.39 is 11.2 Å². The second-order valence-corrected chi connectivity index (χ2v) is 8.93. The van der Waals surface area contributed by atoms with E-state index in [0.29, 0.717) is 30.8 Å². The first kappa shape index (κ1) is 20.8. The van der Waals surface area contributed by atoms with Crippen molar-refractivity contribution in [3.05, 3.63) is 65.0 Å². The predicted octanol–water partition coefficient (Wildman–Crippen LogP) is 3.99. The van der Waals surface area contributed by atoms with E-state index in [9.17, 15) is 14.7 Å². The minimum absolute atomic E-state index is 0.0841. The van der Waals surface area contributed by atoms with Gasteiger partial charge in [-0.05, 0) is 42.5 Å². The van der Waals surface area contributed by atoms with Crippen LogP contribution in [0.3, 0.4) is 0 Å². The second kappa shape index (κ2) is 8.43. The molecule has 2 atom stereocenters. The zero-order valence-electron chi connectivity index (χ0n) is 18.0. The third kappa shape index (κ3) is 4.02. The van der Waals surface area contributed by atoms with E-state index in [1.54, 1.807) is 17.0 Å². The van der Waals surface area contributed by atoms with Crippen molar-refractivity contribution in [2.24, 2.45) is 5.92 Å². The van der Waals surface area contributed by atoms with E-state index in [2.05, 4.69) is 0 Å². The smallest absolute Gasteiger partial charge is 0.336 e. The molecule has 2 aromatic carbocycles. The summed E-state index contributed by atoms with van der Waals surface area (Å²) < 4.78 is 11.2. The number of hydrogen-bond acceptors (Lipinski definition) is 5. The van der Waals surface area contributed by atoms with Crippen molar-refractivity contribution in [3.8, 4) is 16.9 Å². The molecule has 0 spiro atoms. The van der Waals surface area contributed by atoms with Crippen LogP contribution < -0.4 is 10.4 Å². The Balaban J connectivity index is 1.30. The maximum absolute atomic E-state index is 12.8. The molecule has 6 nitrogen and oxygen atoms in total. The van der Waals surface area contributed by atoms with E-state index >= 15 is 0 Å². The van der Waals surface area contributed by atoms with Gasteiger partial charge in [-0.3, -0.25) is 4.79 Å². The number of likely N-dealkylation sites (tertiary alicyclic amines) is 1. The molecule has 2 heterocycles. The van der Waals surface area contributed by atoms with E-state index in [1.807, 2.05) is 36.4 Å². The number of rotatable bonds is 4. The summed E-state index contributed by atoms with van der Waals surface area (Å²) in [6.45, 7) is 1.06. The summed E-state index contributed by atoms with van der Waals surface area (Å²) in [6, 6.07) is 16.5. The SMILES string of the molecule is O=C(COc1ccc2c(-c3ccccc3)cc(=O)oc2c1)N1CCC2(O)CCCCC2C1. The molecule has 1 aliphatic heterocycles. The van der Waals surface area contributed by atoms with Gasteiger partial charge in [0, 0.05) is 36.5 Å². The van der Waals surface area contributed by atoms with Crippen LogP contribution in [0.5, 0.6) is 5.75 Å². The van der Waals surface area contributed by atoms with Crippen molar-refractivity contribution >= 4 is 16.9 Å². The van der Waals surface area contributed by atoms with Gasteiger partial charge < -0.3 is 19.2 Å². The number of benzene rings is 2. The van der Waals surface area contributed by atoms with E-state index in [4.69, 9.17) is 9.15 Å². The number of amides is 1. The molecule has 0 radical (unpaired) electrons. The molecule has 1 saturated carbocycles. The lowest BCUT2D eigenvalue weighted by Gasteiger charge is -2.47. The van der Waals surface area contributed by atoms with Crippen LogP contribution >= 0.6 is 0 Å². The number of piperidine rings is 1. The Morgan fingerprint density at radius 3 is 2.81 bits per heavy atom. The molecule has 2 aliphatic rings. The Hall–Kier alpha value is -3.12. The third-order valence-electron chi connectivity index (χ3n) is 6.94. The van der Waals surface area contributed by atoms with Gasteiger partial charge in [-0.1, -0.05) is 43.2 Å². The van der Waals surface area contributed by atoms with Gasteiger partial charge in [-0.25, -0.2) is 4.79 Å². The lowest BCUT2D eigenvalue weighted by molar-refractivity contribution is -0.145. The number of fused-ring (bicyclic) bond motifs is 2. The molecular weight excluding hydrogens is 406 g/mol. The van der Waals surface area contributed by atoms with Crippen LogP contribution in [0.1, 0.15) is 32.1 Å². The predicted molar refractivity (Wildman–Crippen MR) is 122 cm³/mol. The maximum atomic E-state index is 12.8.